The Balaban J connectivity index is 3.95. The van der Waals surface area contributed by atoms with Crippen molar-refractivity contribution in [2.45, 2.75) is 65.1 Å². The van der Waals surface area contributed by atoms with Crippen molar-refractivity contribution in [2.75, 3.05) is 0 Å². The molecule has 0 aliphatic heterocycles. The van der Waals surface area contributed by atoms with Crippen LogP contribution in [0.4, 0.5) is 4.79 Å². The maximum Gasteiger partial charge on any atom is 0.190 e. The van der Waals surface area contributed by atoms with Gasteiger partial charge in [-0.1, -0.05) is 39.3 Å². The van der Waals surface area contributed by atoms with Crippen LogP contribution in [-0.4, -0.2) is 19.9 Å². The number of amides is 1. The molecular formula is C11H24NOSi. The summed E-state index contributed by atoms with van der Waals surface area (Å²) in [6, 6.07) is 1.10. The summed E-state index contributed by atoms with van der Waals surface area (Å²) in [6.45, 7) is 10.6. The first-order valence-electron chi connectivity index (χ1n) is 5.58. The van der Waals surface area contributed by atoms with Gasteiger partial charge in [-0.3, -0.25) is 4.79 Å². The van der Waals surface area contributed by atoms with Gasteiger partial charge in [-0.15, -0.1) is 0 Å². The third-order valence-electron chi connectivity index (χ3n) is 2.63. The topological polar surface area (TPSA) is 29.1 Å². The molecule has 0 bridgehead atoms. The van der Waals surface area contributed by atoms with E-state index < -0.39 is 8.80 Å². The number of rotatable bonds is 6. The lowest BCUT2D eigenvalue weighted by Gasteiger charge is -2.26. The molecule has 14 heavy (non-hydrogen) atoms. The van der Waals surface area contributed by atoms with Crippen LogP contribution in [0, 0.1) is 0 Å². The minimum Gasteiger partial charge on any atom is -0.356 e. The molecule has 0 saturated carbocycles. The van der Waals surface area contributed by atoms with Crippen molar-refractivity contribution >= 4 is 14.3 Å². The highest BCUT2D eigenvalue weighted by Gasteiger charge is 2.22. The Morgan fingerprint density at radius 1 is 1.36 bits per heavy atom. The Hall–Kier alpha value is -0.313. The summed E-state index contributed by atoms with van der Waals surface area (Å²) >= 11 is 0. The molecule has 0 atom stereocenters. The van der Waals surface area contributed by atoms with Crippen molar-refractivity contribution in [1.29, 1.82) is 0 Å². The van der Waals surface area contributed by atoms with Gasteiger partial charge in [0.15, 0.2) is 14.3 Å². The lowest BCUT2D eigenvalue weighted by molar-refractivity contribution is 0.247. The van der Waals surface area contributed by atoms with Crippen LogP contribution >= 0.6 is 0 Å². The summed E-state index contributed by atoms with van der Waals surface area (Å²) in [5.41, 5.74) is 0.269. The minimum atomic E-state index is -0.823. The van der Waals surface area contributed by atoms with Gasteiger partial charge in [0.2, 0.25) is 0 Å². The summed E-state index contributed by atoms with van der Waals surface area (Å²) in [6.07, 6.45) is 3.36. The molecule has 83 valence electrons. The largest absolute Gasteiger partial charge is 0.356 e. The molecule has 0 rings (SSSR count). The second-order valence-electron chi connectivity index (χ2n) is 4.58. The molecule has 0 aromatic rings. The molecule has 0 aliphatic carbocycles. The van der Waals surface area contributed by atoms with Gasteiger partial charge >= 0.3 is 0 Å². The van der Waals surface area contributed by atoms with Crippen LogP contribution in [-0.2, 0) is 0 Å². The number of hydrogen-bond acceptors (Lipinski definition) is 1. The first-order chi connectivity index (χ1) is 6.43. The number of hydrogen-bond donors (Lipinski definition) is 1. The molecular weight excluding hydrogens is 190 g/mol. The standard InChI is InChI=1S/C11H24NOSi/c1-6-8-9-14(5)10(13)12-11(3,4)7-2/h6-9H2,1-5H3,(H,12,13). The quantitative estimate of drug-likeness (QED) is 0.675. The van der Waals surface area contributed by atoms with Crippen LogP contribution in [0.1, 0.15) is 47.0 Å². The van der Waals surface area contributed by atoms with Crippen LogP contribution in [0.5, 0.6) is 0 Å². The summed E-state index contributed by atoms with van der Waals surface area (Å²) in [7, 11) is -0.823. The molecule has 0 spiro atoms. The first-order valence-corrected chi connectivity index (χ1v) is 7.78. The Morgan fingerprint density at radius 2 is 1.93 bits per heavy atom. The van der Waals surface area contributed by atoms with Gasteiger partial charge in [-0.25, -0.2) is 0 Å². The molecule has 2 nitrogen and oxygen atoms in total. The third-order valence-corrected chi connectivity index (χ3v) is 4.63. The highest BCUT2D eigenvalue weighted by Crippen LogP contribution is 2.09. The Bertz CT molecular complexity index is 180. The van der Waals surface area contributed by atoms with E-state index in [9.17, 15) is 4.79 Å². The van der Waals surface area contributed by atoms with E-state index in [-0.39, 0.29) is 5.54 Å². The zero-order valence-corrected chi connectivity index (χ0v) is 11.2. The smallest absolute Gasteiger partial charge is 0.190 e. The second-order valence-corrected chi connectivity index (χ2v) is 7.09. The fourth-order valence-electron chi connectivity index (χ4n) is 1.06. The van der Waals surface area contributed by atoms with E-state index in [4.69, 9.17) is 0 Å². The predicted molar refractivity (Wildman–Crippen MR) is 64.2 cm³/mol. The number of unbranched alkanes of at least 4 members (excludes halogenated alkanes) is 1. The van der Waals surface area contributed by atoms with Gasteiger partial charge in [0, 0.05) is 5.54 Å². The highest BCUT2D eigenvalue weighted by atomic mass is 28.3. The molecule has 0 fully saturated rings. The average Bonchev–Trinajstić information content (AvgIpc) is 2.13. The predicted octanol–water partition coefficient (Wildman–Crippen LogP) is 3.39. The molecule has 1 amide bonds. The van der Waals surface area contributed by atoms with E-state index in [1.54, 1.807) is 0 Å². The van der Waals surface area contributed by atoms with Crippen molar-refractivity contribution in [1.82, 2.24) is 5.32 Å². The van der Waals surface area contributed by atoms with Crippen LogP contribution in [0.2, 0.25) is 12.6 Å². The maximum atomic E-state index is 11.8. The summed E-state index contributed by atoms with van der Waals surface area (Å²) in [4.78, 5) is 11.8. The van der Waals surface area contributed by atoms with Gasteiger partial charge in [0.05, 0.1) is 0 Å². The van der Waals surface area contributed by atoms with E-state index in [0.29, 0.717) is 5.53 Å². The Morgan fingerprint density at radius 3 is 2.36 bits per heavy atom. The van der Waals surface area contributed by atoms with E-state index in [1.807, 2.05) is 0 Å². The van der Waals surface area contributed by atoms with E-state index in [2.05, 4.69) is 39.6 Å². The summed E-state index contributed by atoms with van der Waals surface area (Å²) in [5.74, 6) is 0. The molecule has 0 aromatic carbocycles. The molecule has 3 heteroatoms. The van der Waals surface area contributed by atoms with Gasteiger partial charge in [-0.05, 0) is 20.3 Å². The molecule has 0 aromatic heterocycles. The Kier molecular flexibility index (Phi) is 6.08. The average molecular weight is 214 g/mol. The second kappa shape index (κ2) is 6.22. The first kappa shape index (κ1) is 13.7. The molecule has 1 N–H and O–H groups in total. The van der Waals surface area contributed by atoms with Crippen molar-refractivity contribution in [2.24, 2.45) is 0 Å². The van der Waals surface area contributed by atoms with Crippen LogP contribution < -0.4 is 5.32 Å². The van der Waals surface area contributed by atoms with Crippen molar-refractivity contribution in [3.05, 3.63) is 0 Å². The van der Waals surface area contributed by atoms with Gasteiger partial charge in [-0.2, -0.15) is 0 Å². The highest BCUT2D eigenvalue weighted by molar-refractivity contribution is 6.88. The Labute approximate surface area is 90.1 Å². The van der Waals surface area contributed by atoms with Gasteiger partial charge in [0.25, 0.3) is 0 Å². The normalized spacial score (nSPS) is 11.9. The fourth-order valence-corrected chi connectivity index (χ4v) is 2.72. The summed E-state index contributed by atoms with van der Waals surface area (Å²) < 4.78 is 0. The maximum absolute atomic E-state index is 11.8. The minimum absolute atomic E-state index is 0.0325. The van der Waals surface area contributed by atoms with Crippen LogP contribution in [0.25, 0.3) is 0 Å². The molecule has 0 heterocycles. The SMILES string of the molecule is CCCC[Si](C)C(=O)NC(C)(C)CC. The van der Waals surface area contributed by atoms with Gasteiger partial charge in [0.1, 0.15) is 0 Å². The lowest BCUT2D eigenvalue weighted by Crippen LogP contribution is -2.47. The molecule has 1 radical (unpaired) electrons. The molecule has 0 saturated heterocycles. The monoisotopic (exact) mass is 214 g/mol. The van der Waals surface area contributed by atoms with Crippen LogP contribution in [0.3, 0.4) is 0 Å². The van der Waals surface area contributed by atoms with Gasteiger partial charge < -0.3 is 5.32 Å². The zero-order valence-electron chi connectivity index (χ0n) is 10.2. The van der Waals surface area contributed by atoms with E-state index >= 15 is 0 Å². The van der Waals surface area contributed by atoms with Crippen LogP contribution in [0.15, 0.2) is 0 Å². The number of carbonyl (C=O) groups is 1. The third kappa shape index (κ3) is 5.42. The number of nitrogens with one attached hydrogen (secondary N) is 1. The van der Waals surface area contributed by atoms with E-state index in [0.717, 1.165) is 12.5 Å². The fraction of sp³-hybridized carbons (Fsp3) is 0.909. The number of carbonyl (C=O) groups excluding carboxylic acids is 1. The molecule has 0 aliphatic rings. The lowest BCUT2D eigenvalue weighted by atomic mass is 10.0. The van der Waals surface area contributed by atoms with Crippen molar-refractivity contribution in [3.63, 3.8) is 0 Å². The van der Waals surface area contributed by atoms with Crippen molar-refractivity contribution in [3.8, 4) is 0 Å². The summed E-state index contributed by atoms with van der Waals surface area (Å²) in [5, 5.41) is 3.12. The van der Waals surface area contributed by atoms with Crippen molar-refractivity contribution < 1.29 is 4.79 Å². The van der Waals surface area contributed by atoms with E-state index in [1.165, 1.54) is 12.8 Å². The molecule has 0 unspecified atom stereocenters. The zero-order chi connectivity index (χ0) is 11.2.